The van der Waals surface area contributed by atoms with Crippen molar-refractivity contribution in [1.29, 1.82) is 0 Å². The Bertz CT molecular complexity index is 703. The zero-order chi connectivity index (χ0) is 18.2. The topological polar surface area (TPSA) is 113 Å². The van der Waals surface area contributed by atoms with Gasteiger partial charge in [0.25, 0.3) is 0 Å². The number of fused-ring (bicyclic) bond motifs is 1. The van der Waals surface area contributed by atoms with E-state index in [2.05, 4.69) is 5.32 Å². The van der Waals surface area contributed by atoms with E-state index in [0.717, 1.165) is 12.8 Å². The van der Waals surface area contributed by atoms with Crippen molar-refractivity contribution in [3.63, 3.8) is 0 Å². The SMILES string of the molecule is CC(C(=O)Nc1ccc(C(N)=O)cc1)N1C[C@@H]2CCC[C@@]2(C(=O)O)C1. The molecule has 1 heterocycles. The van der Waals surface area contributed by atoms with Crippen LogP contribution in [0, 0.1) is 11.3 Å². The molecule has 1 saturated carbocycles. The van der Waals surface area contributed by atoms with Gasteiger partial charge in [-0.05, 0) is 49.9 Å². The van der Waals surface area contributed by atoms with Gasteiger partial charge in [0.05, 0.1) is 11.5 Å². The molecule has 4 N–H and O–H groups in total. The number of carbonyl (C=O) groups excluding carboxylic acids is 2. The first-order chi connectivity index (χ1) is 11.8. The molecule has 3 atom stereocenters. The van der Waals surface area contributed by atoms with Crippen LogP contribution in [0.2, 0.25) is 0 Å². The molecule has 2 aliphatic rings. The van der Waals surface area contributed by atoms with E-state index in [-0.39, 0.29) is 11.8 Å². The molecular formula is C18H23N3O4. The highest BCUT2D eigenvalue weighted by Crippen LogP contribution is 2.49. The van der Waals surface area contributed by atoms with Crippen LogP contribution in [0.3, 0.4) is 0 Å². The lowest BCUT2D eigenvalue weighted by Gasteiger charge is -2.26. The van der Waals surface area contributed by atoms with Crippen molar-refractivity contribution in [1.82, 2.24) is 4.90 Å². The molecule has 7 nitrogen and oxygen atoms in total. The van der Waals surface area contributed by atoms with Crippen LogP contribution >= 0.6 is 0 Å². The largest absolute Gasteiger partial charge is 0.481 e. The standard InChI is InChI=1S/C18H23N3O4/c1-11(16(23)20-14-6-4-12(5-7-14)15(19)22)21-9-13-3-2-8-18(13,10-21)17(24)25/h4-7,11,13H,2-3,8-10H2,1H3,(H2,19,22)(H,20,23)(H,24,25)/t11?,13-,18+/m0/s1. The van der Waals surface area contributed by atoms with Gasteiger partial charge in [0.15, 0.2) is 0 Å². The maximum Gasteiger partial charge on any atom is 0.311 e. The summed E-state index contributed by atoms with van der Waals surface area (Å²) in [6.07, 6.45) is 2.54. The third-order valence-corrected chi connectivity index (χ3v) is 5.69. The second-order valence-corrected chi connectivity index (χ2v) is 7.09. The van der Waals surface area contributed by atoms with Crippen LogP contribution in [-0.4, -0.2) is 46.9 Å². The summed E-state index contributed by atoms with van der Waals surface area (Å²) in [7, 11) is 0. The number of carbonyl (C=O) groups is 3. The molecular weight excluding hydrogens is 322 g/mol. The van der Waals surface area contributed by atoms with Crippen molar-refractivity contribution in [2.24, 2.45) is 17.1 Å². The fraction of sp³-hybridized carbons (Fsp3) is 0.500. The van der Waals surface area contributed by atoms with Gasteiger partial charge in [-0.1, -0.05) is 6.42 Å². The van der Waals surface area contributed by atoms with Crippen molar-refractivity contribution in [2.75, 3.05) is 18.4 Å². The summed E-state index contributed by atoms with van der Waals surface area (Å²) >= 11 is 0. The van der Waals surface area contributed by atoms with Crippen molar-refractivity contribution in [3.8, 4) is 0 Å². The summed E-state index contributed by atoms with van der Waals surface area (Å²) in [6.45, 7) is 2.85. The third-order valence-electron chi connectivity index (χ3n) is 5.69. The number of anilines is 1. The van der Waals surface area contributed by atoms with Gasteiger partial charge in [-0.25, -0.2) is 0 Å². The number of hydrogen-bond donors (Lipinski definition) is 3. The number of rotatable bonds is 5. The highest BCUT2D eigenvalue weighted by atomic mass is 16.4. The summed E-state index contributed by atoms with van der Waals surface area (Å²) in [5.74, 6) is -1.33. The van der Waals surface area contributed by atoms with Gasteiger partial charge in [0.2, 0.25) is 11.8 Å². The van der Waals surface area contributed by atoms with Crippen LogP contribution in [0.1, 0.15) is 36.5 Å². The number of benzene rings is 1. The first-order valence-electron chi connectivity index (χ1n) is 8.51. The van der Waals surface area contributed by atoms with E-state index in [4.69, 9.17) is 5.73 Å². The molecule has 0 bridgehead atoms. The summed E-state index contributed by atoms with van der Waals surface area (Å²) in [5, 5.41) is 12.5. The normalized spacial score (nSPS) is 26.8. The molecule has 2 fully saturated rings. The molecule has 3 rings (SSSR count). The fourth-order valence-corrected chi connectivity index (χ4v) is 4.10. The Balaban J connectivity index is 1.65. The zero-order valence-corrected chi connectivity index (χ0v) is 14.2. The first-order valence-corrected chi connectivity index (χ1v) is 8.51. The highest BCUT2D eigenvalue weighted by molar-refractivity contribution is 5.96. The quantitative estimate of drug-likeness (QED) is 0.744. The molecule has 1 saturated heterocycles. The van der Waals surface area contributed by atoms with Gasteiger partial charge in [0, 0.05) is 24.3 Å². The van der Waals surface area contributed by atoms with Gasteiger partial charge in [-0.15, -0.1) is 0 Å². The number of amides is 2. The number of nitrogens with zero attached hydrogens (tertiary/aromatic N) is 1. The molecule has 134 valence electrons. The zero-order valence-electron chi connectivity index (χ0n) is 14.2. The van der Waals surface area contributed by atoms with E-state index >= 15 is 0 Å². The summed E-state index contributed by atoms with van der Waals surface area (Å²) < 4.78 is 0. The predicted octanol–water partition coefficient (Wildman–Crippen LogP) is 1.30. The number of nitrogens with one attached hydrogen (secondary N) is 1. The molecule has 0 aromatic heterocycles. The molecule has 25 heavy (non-hydrogen) atoms. The van der Waals surface area contributed by atoms with Gasteiger partial charge in [0.1, 0.15) is 0 Å². The molecule has 1 aromatic carbocycles. The van der Waals surface area contributed by atoms with E-state index in [1.54, 1.807) is 31.2 Å². The number of hydrogen-bond acceptors (Lipinski definition) is 4. The predicted molar refractivity (Wildman–Crippen MR) is 92.0 cm³/mol. The second-order valence-electron chi connectivity index (χ2n) is 7.09. The summed E-state index contributed by atoms with van der Waals surface area (Å²) in [6, 6.07) is 5.95. The number of primary amides is 1. The van der Waals surface area contributed by atoms with Gasteiger partial charge < -0.3 is 16.2 Å². The van der Waals surface area contributed by atoms with Crippen LogP contribution in [0.15, 0.2) is 24.3 Å². The van der Waals surface area contributed by atoms with Gasteiger partial charge in [-0.2, -0.15) is 0 Å². The minimum Gasteiger partial charge on any atom is -0.481 e. The molecule has 2 amide bonds. The van der Waals surface area contributed by atoms with Crippen LogP contribution in [0.4, 0.5) is 5.69 Å². The maximum absolute atomic E-state index is 12.5. The smallest absolute Gasteiger partial charge is 0.311 e. The van der Waals surface area contributed by atoms with E-state index in [0.29, 0.717) is 30.8 Å². The van der Waals surface area contributed by atoms with Crippen LogP contribution in [0.25, 0.3) is 0 Å². The summed E-state index contributed by atoms with van der Waals surface area (Å²) in [4.78, 5) is 37.3. The number of carboxylic acids is 1. The van der Waals surface area contributed by atoms with E-state index in [1.165, 1.54) is 0 Å². The van der Waals surface area contributed by atoms with Crippen molar-refractivity contribution in [3.05, 3.63) is 29.8 Å². The minimum absolute atomic E-state index is 0.120. The average Bonchev–Trinajstić information content (AvgIpc) is 3.12. The lowest BCUT2D eigenvalue weighted by atomic mass is 9.81. The Morgan fingerprint density at radius 1 is 1.32 bits per heavy atom. The highest BCUT2D eigenvalue weighted by Gasteiger charge is 2.55. The fourth-order valence-electron chi connectivity index (χ4n) is 4.10. The van der Waals surface area contributed by atoms with Crippen molar-refractivity contribution in [2.45, 2.75) is 32.2 Å². The molecule has 0 radical (unpaired) electrons. The van der Waals surface area contributed by atoms with E-state index in [1.807, 2.05) is 4.90 Å². The molecule has 7 heteroatoms. The van der Waals surface area contributed by atoms with Crippen molar-refractivity contribution >= 4 is 23.5 Å². The molecule has 1 unspecified atom stereocenters. The van der Waals surface area contributed by atoms with E-state index in [9.17, 15) is 19.5 Å². The Labute approximate surface area is 146 Å². The lowest BCUT2D eigenvalue weighted by Crippen LogP contribution is -2.43. The van der Waals surface area contributed by atoms with Crippen LogP contribution < -0.4 is 11.1 Å². The summed E-state index contributed by atoms with van der Waals surface area (Å²) in [5.41, 5.74) is 5.45. The number of nitrogens with two attached hydrogens (primary N) is 1. The molecule has 1 aliphatic carbocycles. The number of carboxylic acid groups (broad SMARTS) is 1. The van der Waals surface area contributed by atoms with Crippen LogP contribution in [0.5, 0.6) is 0 Å². The monoisotopic (exact) mass is 345 g/mol. The molecule has 0 spiro atoms. The Morgan fingerprint density at radius 2 is 2.00 bits per heavy atom. The lowest BCUT2D eigenvalue weighted by molar-refractivity contribution is -0.149. The second kappa shape index (κ2) is 6.48. The Kier molecular flexibility index (Phi) is 4.51. The maximum atomic E-state index is 12.5. The number of aliphatic carboxylic acids is 1. The van der Waals surface area contributed by atoms with Crippen molar-refractivity contribution < 1.29 is 19.5 Å². The molecule has 1 aliphatic heterocycles. The number of likely N-dealkylation sites (tertiary alicyclic amines) is 1. The van der Waals surface area contributed by atoms with Crippen LogP contribution in [-0.2, 0) is 9.59 Å². The molecule has 1 aromatic rings. The Morgan fingerprint density at radius 3 is 2.56 bits per heavy atom. The average molecular weight is 345 g/mol. The third kappa shape index (κ3) is 3.11. The van der Waals surface area contributed by atoms with Gasteiger partial charge >= 0.3 is 5.97 Å². The van der Waals surface area contributed by atoms with Gasteiger partial charge in [-0.3, -0.25) is 19.3 Å². The first kappa shape index (κ1) is 17.4. The van der Waals surface area contributed by atoms with E-state index < -0.39 is 23.3 Å². The Hall–Kier alpha value is -2.41. The minimum atomic E-state index is -0.743.